The third-order valence-corrected chi connectivity index (χ3v) is 4.51. The highest BCUT2D eigenvalue weighted by Gasteiger charge is 2.47. The van der Waals surface area contributed by atoms with Crippen LogP contribution in [0.1, 0.15) is 5.56 Å². The molecule has 0 heterocycles. The maximum Gasteiger partial charge on any atom is 0.501 e. The molecular weight excluding hydrogens is 384 g/mol. The van der Waals surface area contributed by atoms with Gasteiger partial charge < -0.3 is 4.74 Å². The Morgan fingerprint density at radius 1 is 1.12 bits per heavy atom. The topological polar surface area (TPSA) is 110 Å². The lowest BCUT2D eigenvalue weighted by molar-refractivity contribution is -0.385. The molecule has 0 amide bonds. The number of benzene rings is 2. The normalized spacial score (nSPS) is 11.7. The zero-order valence-corrected chi connectivity index (χ0v) is 13.1. The number of sulfone groups is 1. The molecule has 0 saturated carbocycles. The minimum Gasteiger partial charge on any atom is -0.447 e. The number of nitro groups is 1. The van der Waals surface area contributed by atoms with Crippen molar-refractivity contribution in [3.05, 3.63) is 57.9 Å². The molecule has 0 aliphatic rings. The van der Waals surface area contributed by atoms with Crippen LogP contribution in [0, 0.1) is 27.3 Å². The highest BCUT2D eigenvalue weighted by Crippen LogP contribution is 2.37. The van der Waals surface area contributed by atoms with Gasteiger partial charge in [0.1, 0.15) is 0 Å². The van der Waals surface area contributed by atoms with E-state index in [1.165, 1.54) is 0 Å². The van der Waals surface area contributed by atoms with Crippen molar-refractivity contribution < 1.29 is 35.6 Å². The van der Waals surface area contributed by atoms with Crippen LogP contribution in [-0.2, 0) is 9.84 Å². The van der Waals surface area contributed by atoms with Gasteiger partial charge in [0.2, 0.25) is 5.75 Å². The van der Waals surface area contributed by atoms with Crippen LogP contribution in [0.25, 0.3) is 0 Å². The molecule has 2 rings (SSSR count). The highest BCUT2D eigenvalue weighted by molar-refractivity contribution is 7.92. The van der Waals surface area contributed by atoms with Gasteiger partial charge in [0.05, 0.1) is 21.5 Å². The van der Waals surface area contributed by atoms with E-state index in [1.807, 2.05) is 0 Å². The second-order valence-corrected chi connectivity index (χ2v) is 6.64. The van der Waals surface area contributed by atoms with E-state index in [0.717, 1.165) is 18.2 Å². The Hall–Kier alpha value is -3.20. The lowest BCUT2D eigenvalue weighted by Gasteiger charge is -2.10. The molecule has 0 N–H and O–H groups in total. The largest absolute Gasteiger partial charge is 0.501 e. The lowest BCUT2D eigenvalue weighted by Crippen LogP contribution is -2.23. The summed E-state index contributed by atoms with van der Waals surface area (Å²) in [6.45, 7) is 0. The van der Waals surface area contributed by atoms with Crippen molar-refractivity contribution in [3.63, 3.8) is 0 Å². The van der Waals surface area contributed by atoms with Gasteiger partial charge in [-0.2, -0.15) is 18.4 Å². The van der Waals surface area contributed by atoms with Crippen LogP contribution < -0.4 is 4.74 Å². The van der Waals surface area contributed by atoms with E-state index < -0.39 is 48.2 Å². The molecule has 2 aromatic carbocycles. The minimum atomic E-state index is -5.81. The molecule has 2 aromatic rings. The van der Waals surface area contributed by atoms with E-state index in [-0.39, 0.29) is 11.6 Å². The predicted molar refractivity (Wildman–Crippen MR) is 77.5 cm³/mol. The molecule has 0 unspecified atom stereocenters. The predicted octanol–water partition coefficient (Wildman–Crippen LogP) is 3.69. The monoisotopic (exact) mass is 390 g/mol. The number of ether oxygens (including phenoxy) is 1. The summed E-state index contributed by atoms with van der Waals surface area (Å²) < 4.78 is 79.1. The second kappa shape index (κ2) is 6.60. The van der Waals surface area contributed by atoms with Gasteiger partial charge >= 0.3 is 11.2 Å². The molecular formula is C14H6F4N2O5S. The van der Waals surface area contributed by atoms with Gasteiger partial charge in [-0.15, -0.1) is 0 Å². The Labute approximate surface area is 143 Å². The first-order chi connectivity index (χ1) is 12.0. The maximum atomic E-state index is 13.8. The second-order valence-electron chi connectivity index (χ2n) is 4.69. The molecule has 26 heavy (non-hydrogen) atoms. The minimum absolute atomic E-state index is 0.0593. The summed E-state index contributed by atoms with van der Waals surface area (Å²) in [6.07, 6.45) is 0. The molecule has 0 saturated heterocycles. The summed E-state index contributed by atoms with van der Waals surface area (Å²) in [5.74, 6) is -2.27. The first-order valence-corrected chi connectivity index (χ1v) is 7.93. The number of hydrogen-bond donors (Lipinski definition) is 0. The van der Waals surface area contributed by atoms with Crippen LogP contribution >= 0.6 is 0 Å². The molecule has 0 fully saturated rings. The zero-order valence-electron chi connectivity index (χ0n) is 12.3. The van der Waals surface area contributed by atoms with Crippen molar-refractivity contribution in [1.29, 1.82) is 5.26 Å². The van der Waals surface area contributed by atoms with Gasteiger partial charge in [0.25, 0.3) is 9.84 Å². The third kappa shape index (κ3) is 3.57. The Kier molecular flexibility index (Phi) is 4.86. The Balaban J connectivity index is 2.52. The Morgan fingerprint density at radius 3 is 2.23 bits per heavy atom. The highest BCUT2D eigenvalue weighted by atomic mass is 32.2. The number of nitriles is 1. The van der Waals surface area contributed by atoms with Crippen LogP contribution in [0.2, 0.25) is 0 Å². The molecule has 7 nitrogen and oxygen atoms in total. The number of alkyl halides is 3. The molecule has 0 bridgehead atoms. The third-order valence-electron chi connectivity index (χ3n) is 3.02. The maximum absolute atomic E-state index is 13.8. The van der Waals surface area contributed by atoms with E-state index in [0.29, 0.717) is 12.1 Å². The van der Waals surface area contributed by atoms with E-state index in [4.69, 9.17) is 10.00 Å². The van der Waals surface area contributed by atoms with Gasteiger partial charge in [0, 0.05) is 6.07 Å². The van der Waals surface area contributed by atoms with Crippen LogP contribution in [-0.4, -0.2) is 18.8 Å². The first kappa shape index (κ1) is 19.1. The van der Waals surface area contributed by atoms with Crippen molar-refractivity contribution >= 4 is 15.5 Å². The van der Waals surface area contributed by atoms with E-state index in [2.05, 4.69) is 0 Å². The molecule has 0 aliphatic heterocycles. The van der Waals surface area contributed by atoms with Gasteiger partial charge in [-0.05, 0) is 30.3 Å². The summed E-state index contributed by atoms with van der Waals surface area (Å²) in [5, 5.41) is 19.7. The van der Waals surface area contributed by atoms with Crippen molar-refractivity contribution in [3.8, 4) is 17.6 Å². The average Bonchev–Trinajstić information content (AvgIpc) is 2.55. The van der Waals surface area contributed by atoms with E-state index >= 15 is 0 Å². The Morgan fingerprint density at radius 2 is 1.73 bits per heavy atom. The summed E-state index contributed by atoms with van der Waals surface area (Å²) in [5.41, 5.74) is -6.82. The molecule has 0 spiro atoms. The molecule has 0 aromatic heterocycles. The van der Waals surface area contributed by atoms with Crippen LogP contribution in [0.5, 0.6) is 11.5 Å². The first-order valence-electron chi connectivity index (χ1n) is 6.44. The summed E-state index contributed by atoms with van der Waals surface area (Å²) in [6, 6.07) is 5.78. The van der Waals surface area contributed by atoms with Crippen molar-refractivity contribution in [2.45, 2.75) is 10.4 Å². The fourth-order valence-corrected chi connectivity index (χ4v) is 2.58. The summed E-state index contributed by atoms with van der Waals surface area (Å²) >= 11 is 0. The van der Waals surface area contributed by atoms with Crippen molar-refractivity contribution in [1.82, 2.24) is 0 Å². The average molecular weight is 390 g/mol. The quantitative estimate of drug-likeness (QED) is 0.447. The zero-order chi connectivity index (χ0) is 19.7. The van der Waals surface area contributed by atoms with Gasteiger partial charge in [-0.25, -0.2) is 12.8 Å². The van der Waals surface area contributed by atoms with Gasteiger partial charge in [0.15, 0.2) is 11.6 Å². The molecule has 136 valence electrons. The van der Waals surface area contributed by atoms with Crippen molar-refractivity contribution in [2.75, 3.05) is 0 Å². The summed E-state index contributed by atoms with van der Waals surface area (Å²) in [4.78, 5) is 8.51. The fourth-order valence-electron chi connectivity index (χ4n) is 1.80. The molecule has 0 radical (unpaired) electrons. The number of hydrogen-bond acceptors (Lipinski definition) is 6. The number of rotatable bonds is 4. The smallest absolute Gasteiger partial charge is 0.447 e. The van der Waals surface area contributed by atoms with Crippen LogP contribution in [0.4, 0.5) is 23.2 Å². The molecule has 12 heteroatoms. The number of nitro benzene ring substituents is 1. The van der Waals surface area contributed by atoms with Gasteiger partial charge in [-0.1, -0.05) is 0 Å². The Bertz CT molecular complexity index is 1030. The van der Waals surface area contributed by atoms with E-state index in [1.54, 1.807) is 6.07 Å². The summed E-state index contributed by atoms with van der Waals surface area (Å²) in [7, 11) is -5.81. The lowest BCUT2D eigenvalue weighted by atomic mass is 10.2. The standard InChI is InChI=1S/C14H6F4N2O5S/c15-10-5-8(7-19)1-3-12(10)25-13-4-2-9(6-11(13)20(21)22)26(23,24)14(16,17)18/h1-6H. The number of halogens is 4. The van der Waals surface area contributed by atoms with E-state index in [9.17, 15) is 36.1 Å². The fraction of sp³-hybridized carbons (Fsp3) is 0.0714. The number of nitrogens with zero attached hydrogens (tertiary/aromatic N) is 2. The molecule has 0 aliphatic carbocycles. The van der Waals surface area contributed by atoms with Crippen LogP contribution in [0.15, 0.2) is 41.3 Å². The van der Waals surface area contributed by atoms with Gasteiger partial charge in [-0.3, -0.25) is 10.1 Å². The molecule has 0 atom stereocenters. The SMILES string of the molecule is N#Cc1ccc(Oc2ccc(S(=O)(=O)C(F)(F)F)cc2[N+](=O)[O-])c(F)c1. The van der Waals surface area contributed by atoms with Crippen LogP contribution in [0.3, 0.4) is 0 Å². The van der Waals surface area contributed by atoms with Crippen molar-refractivity contribution in [2.24, 2.45) is 0 Å².